The minimum atomic E-state index is -0.771. The molecule has 37 heavy (non-hydrogen) atoms. The summed E-state index contributed by atoms with van der Waals surface area (Å²) in [5, 5.41) is 8.51. The lowest BCUT2D eigenvalue weighted by atomic mass is 9.84. The van der Waals surface area contributed by atoms with Crippen LogP contribution in [-0.4, -0.2) is 78.2 Å². The number of nitrogens with one attached hydrogen (secondary N) is 3. The van der Waals surface area contributed by atoms with Gasteiger partial charge in [-0.1, -0.05) is 25.8 Å². The van der Waals surface area contributed by atoms with E-state index >= 15 is 0 Å². The van der Waals surface area contributed by atoms with E-state index in [0.717, 1.165) is 41.1 Å². The highest BCUT2D eigenvalue weighted by Gasteiger charge is 2.40. The van der Waals surface area contributed by atoms with Crippen LogP contribution in [0.25, 0.3) is 0 Å². The highest BCUT2D eigenvalue weighted by Crippen LogP contribution is 2.45. The molecule has 3 amide bonds. The number of carbonyl (C=O) groups is 3. The SMILES string of the molecule is CC1=C(C(=O)N[C@@H]2CCCC[C@@H]2NC(=O)C(=O)Nc2ccc(C)cn2)SCC1(C)CN(C)C1=NCCO1. The molecule has 3 atom stereocenters. The highest BCUT2D eigenvalue weighted by atomic mass is 32.2. The Bertz CT molecular complexity index is 1100. The van der Waals surface area contributed by atoms with Crippen molar-refractivity contribution >= 4 is 41.3 Å². The summed E-state index contributed by atoms with van der Waals surface area (Å²) in [6.07, 6.45) is 4.93. The van der Waals surface area contributed by atoms with Gasteiger partial charge < -0.3 is 25.6 Å². The zero-order valence-electron chi connectivity index (χ0n) is 21.9. The Balaban J connectivity index is 1.36. The third-order valence-electron chi connectivity index (χ3n) is 7.23. The van der Waals surface area contributed by atoms with Crippen molar-refractivity contribution in [3.8, 4) is 0 Å². The van der Waals surface area contributed by atoms with Crippen molar-refractivity contribution in [1.29, 1.82) is 0 Å². The number of aromatic nitrogens is 1. The summed E-state index contributed by atoms with van der Waals surface area (Å²) in [4.78, 5) is 49.6. The Kier molecular flexibility index (Phi) is 8.41. The summed E-state index contributed by atoms with van der Waals surface area (Å²) in [7, 11) is 1.96. The quantitative estimate of drug-likeness (QED) is 0.484. The second kappa shape index (κ2) is 11.5. The number of aryl methyl sites for hydroxylation is 1. The van der Waals surface area contributed by atoms with Crippen LogP contribution in [0.3, 0.4) is 0 Å². The molecule has 1 unspecified atom stereocenters. The average molecular weight is 529 g/mol. The van der Waals surface area contributed by atoms with Gasteiger partial charge in [-0.25, -0.2) is 9.98 Å². The van der Waals surface area contributed by atoms with Crippen molar-refractivity contribution in [2.45, 2.75) is 58.5 Å². The Hall–Kier alpha value is -3.08. The van der Waals surface area contributed by atoms with Gasteiger partial charge in [-0.15, -0.1) is 11.8 Å². The fourth-order valence-corrected chi connectivity index (χ4v) is 6.35. The summed E-state index contributed by atoms with van der Waals surface area (Å²) < 4.78 is 5.59. The summed E-state index contributed by atoms with van der Waals surface area (Å²) >= 11 is 1.56. The number of amides is 3. The number of rotatable bonds is 6. The van der Waals surface area contributed by atoms with E-state index in [1.54, 1.807) is 24.0 Å². The maximum Gasteiger partial charge on any atom is 0.314 e. The van der Waals surface area contributed by atoms with Crippen LogP contribution < -0.4 is 16.0 Å². The van der Waals surface area contributed by atoms with Gasteiger partial charge in [-0.3, -0.25) is 14.4 Å². The van der Waals surface area contributed by atoms with Gasteiger partial charge in [0.15, 0.2) is 0 Å². The minimum Gasteiger partial charge on any atom is -0.463 e. The molecule has 1 fully saturated rings. The molecule has 1 aromatic rings. The number of carbonyl (C=O) groups excluding carboxylic acids is 3. The first-order chi connectivity index (χ1) is 17.7. The number of amidine groups is 1. The van der Waals surface area contributed by atoms with Crippen LogP contribution in [0.1, 0.15) is 45.1 Å². The van der Waals surface area contributed by atoms with Gasteiger partial charge in [0.05, 0.1) is 11.4 Å². The van der Waals surface area contributed by atoms with Crippen molar-refractivity contribution in [3.63, 3.8) is 0 Å². The molecule has 1 saturated carbocycles. The standard InChI is InChI=1S/C26H36N6O4S/c1-16-9-10-20(28-13-16)31-24(35)23(34)30-19-8-6-5-7-18(19)29-22(33)21-17(2)26(3,15-37-21)14-32(4)25-27-11-12-36-25/h9-10,13,18-19H,5-8,11-12,14-15H2,1-4H3,(H,29,33)(H,30,34)(H,28,31,35)/t18-,19+,26?/m1/s1. The van der Waals surface area contributed by atoms with E-state index in [1.165, 1.54) is 0 Å². The van der Waals surface area contributed by atoms with Gasteiger partial charge in [0.1, 0.15) is 12.4 Å². The Morgan fingerprint density at radius 1 is 1.14 bits per heavy atom. The van der Waals surface area contributed by atoms with Crippen LogP contribution >= 0.6 is 11.8 Å². The fourth-order valence-electron chi connectivity index (χ4n) is 4.93. The lowest BCUT2D eigenvalue weighted by Gasteiger charge is -2.33. The van der Waals surface area contributed by atoms with Crippen LogP contribution in [0.5, 0.6) is 0 Å². The van der Waals surface area contributed by atoms with Crippen LogP contribution in [0.15, 0.2) is 33.8 Å². The Morgan fingerprint density at radius 3 is 2.51 bits per heavy atom. The number of anilines is 1. The normalized spacial score (nSPS) is 25.2. The Morgan fingerprint density at radius 2 is 1.86 bits per heavy atom. The van der Waals surface area contributed by atoms with E-state index in [1.807, 2.05) is 31.9 Å². The fraction of sp³-hybridized carbons (Fsp3) is 0.577. The molecule has 0 spiro atoms. The summed E-state index contributed by atoms with van der Waals surface area (Å²) in [5.74, 6) is -0.514. The molecular weight excluding hydrogens is 492 g/mol. The first kappa shape index (κ1) is 27.0. The van der Waals surface area contributed by atoms with Crippen molar-refractivity contribution in [3.05, 3.63) is 34.4 Å². The third kappa shape index (κ3) is 6.44. The number of nitrogens with zero attached hydrogens (tertiary/aromatic N) is 3. The predicted molar refractivity (Wildman–Crippen MR) is 144 cm³/mol. The van der Waals surface area contributed by atoms with Gasteiger partial charge in [-0.05, 0) is 43.9 Å². The second-order valence-electron chi connectivity index (χ2n) is 10.3. The van der Waals surface area contributed by atoms with E-state index in [9.17, 15) is 14.4 Å². The van der Waals surface area contributed by atoms with Crippen LogP contribution in [0.2, 0.25) is 0 Å². The Labute approximate surface area is 222 Å². The van der Waals surface area contributed by atoms with E-state index in [2.05, 4.69) is 32.9 Å². The summed E-state index contributed by atoms with van der Waals surface area (Å²) in [6, 6.07) is 3.56. The lowest BCUT2D eigenvalue weighted by Crippen LogP contribution is -2.55. The van der Waals surface area contributed by atoms with Crippen LogP contribution in [0.4, 0.5) is 5.82 Å². The first-order valence-corrected chi connectivity index (χ1v) is 13.7. The molecule has 1 aliphatic carbocycles. The molecule has 4 rings (SSSR count). The minimum absolute atomic E-state index is 0.122. The number of pyridine rings is 1. The average Bonchev–Trinajstić information content (AvgIpc) is 3.51. The van der Waals surface area contributed by atoms with Gasteiger partial charge in [0.25, 0.3) is 11.9 Å². The molecule has 3 N–H and O–H groups in total. The molecule has 0 bridgehead atoms. The molecule has 0 saturated heterocycles. The molecule has 3 heterocycles. The molecular formula is C26H36N6O4S. The molecule has 10 nitrogen and oxygen atoms in total. The van der Waals surface area contributed by atoms with E-state index in [-0.39, 0.29) is 23.4 Å². The maximum atomic E-state index is 13.3. The molecule has 0 aromatic carbocycles. The van der Waals surface area contributed by atoms with Gasteiger partial charge in [0, 0.05) is 43.0 Å². The third-order valence-corrected chi connectivity index (χ3v) is 8.79. The summed E-state index contributed by atoms with van der Waals surface area (Å²) in [6.45, 7) is 8.06. The molecule has 200 valence electrons. The van der Waals surface area contributed by atoms with Gasteiger partial charge >= 0.3 is 11.8 Å². The monoisotopic (exact) mass is 528 g/mol. The number of thioether (sulfide) groups is 1. The zero-order chi connectivity index (χ0) is 26.6. The first-order valence-electron chi connectivity index (χ1n) is 12.7. The van der Waals surface area contributed by atoms with Crippen molar-refractivity contribution in [1.82, 2.24) is 20.5 Å². The largest absolute Gasteiger partial charge is 0.463 e. The van der Waals surface area contributed by atoms with Crippen LogP contribution in [-0.2, 0) is 19.1 Å². The van der Waals surface area contributed by atoms with Crippen molar-refractivity contribution in [2.24, 2.45) is 10.4 Å². The van der Waals surface area contributed by atoms with Crippen molar-refractivity contribution in [2.75, 3.05) is 37.8 Å². The van der Waals surface area contributed by atoms with Gasteiger partial charge in [-0.2, -0.15) is 0 Å². The number of ether oxygens (including phenoxy) is 1. The zero-order valence-corrected chi connectivity index (χ0v) is 22.7. The molecule has 0 radical (unpaired) electrons. The molecule has 2 aliphatic heterocycles. The van der Waals surface area contributed by atoms with E-state index in [4.69, 9.17) is 4.74 Å². The topological polar surface area (TPSA) is 125 Å². The number of aliphatic imine (C=N–C) groups is 1. The lowest BCUT2D eigenvalue weighted by molar-refractivity contribution is -0.137. The molecule has 1 aromatic heterocycles. The summed E-state index contributed by atoms with van der Waals surface area (Å²) in [5.41, 5.74) is 1.81. The number of hydrogen-bond acceptors (Lipinski definition) is 8. The van der Waals surface area contributed by atoms with E-state index in [0.29, 0.717) is 38.0 Å². The van der Waals surface area contributed by atoms with Crippen LogP contribution in [0, 0.1) is 12.3 Å². The second-order valence-corrected chi connectivity index (χ2v) is 11.3. The number of hydrogen-bond donors (Lipinski definition) is 3. The highest BCUT2D eigenvalue weighted by molar-refractivity contribution is 8.04. The molecule has 3 aliphatic rings. The molecule has 11 heteroatoms. The maximum absolute atomic E-state index is 13.3. The van der Waals surface area contributed by atoms with Crippen molar-refractivity contribution < 1.29 is 19.1 Å². The smallest absolute Gasteiger partial charge is 0.314 e. The van der Waals surface area contributed by atoms with E-state index < -0.39 is 11.8 Å². The van der Waals surface area contributed by atoms with Gasteiger partial charge in [0.2, 0.25) is 0 Å². The predicted octanol–water partition coefficient (Wildman–Crippen LogP) is 2.22.